The molecule has 1 aliphatic heterocycles. The number of aryl methyl sites for hydroxylation is 2. The molecule has 0 spiro atoms. The number of hydrogen-bond donors (Lipinski definition) is 0. The fraction of sp³-hybridized carbons (Fsp3) is 0.333. The van der Waals surface area contributed by atoms with Gasteiger partial charge in [0.25, 0.3) is 0 Å². The third-order valence-corrected chi connectivity index (χ3v) is 26.7. The number of fused-ring (bicyclic) bond motifs is 3. The first-order chi connectivity index (χ1) is 12.7. The van der Waals surface area contributed by atoms with Crippen molar-refractivity contribution in [3.05, 3.63) is 74.1 Å². The van der Waals surface area contributed by atoms with E-state index in [9.17, 15) is 0 Å². The van der Waals surface area contributed by atoms with E-state index in [4.69, 9.17) is 0 Å². The molecule has 0 unspecified atom stereocenters. The number of benzene rings is 2. The summed E-state index contributed by atoms with van der Waals surface area (Å²) in [6.45, 7) is 4.64. The van der Waals surface area contributed by atoms with Crippen LogP contribution in [0.4, 0.5) is 0 Å². The van der Waals surface area contributed by atoms with Gasteiger partial charge in [-0.15, -0.1) is 0 Å². The third-order valence-electron chi connectivity index (χ3n) is 6.34. The molecule has 2 aromatic carbocycles. The summed E-state index contributed by atoms with van der Waals surface area (Å²) in [5.41, 5.74) is 9.25. The molecule has 2 aliphatic carbocycles. The first-order valence-electron chi connectivity index (χ1n) is 10.0. The fourth-order valence-corrected chi connectivity index (χ4v) is 28.1. The van der Waals surface area contributed by atoms with E-state index in [1.807, 2.05) is 6.55 Å². The molecule has 1 heterocycles. The molecule has 130 valence electrons. The van der Waals surface area contributed by atoms with Crippen LogP contribution in [0.15, 0.2) is 51.8 Å². The van der Waals surface area contributed by atoms with Crippen LogP contribution < -0.4 is 3.27 Å². The topological polar surface area (TPSA) is 0 Å². The van der Waals surface area contributed by atoms with E-state index in [0.717, 1.165) is 0 Å². The Morgan fingerprint density at radius 3 is 2.54 bits per heavy atom. The van der Waals surface area contributed by atoms with Crippen LogP contribution in [0.2, 0.25) is 12.1 Å². The molecule has 0 aromatic heterocycles. The second-order valence-electron chi connectivity index (χ2n) is 8.13. The van der Waals surface area contributed by atoms with E-state index in [0.29, 0.717) is 0 Å². The monoisotopic (exact) mass is 432 g/mol. The van der Waals surface area contributed by atoms with Gasteiger partial charge in [-0.3, -0.25) is 0 Å². The molecule has 0 N–H and O–H groups in total. The molecule has 3 aliphatic rings. The molecular weight excluding hydrogens is 408 g/mol. The van der Waals surface area contributed by atoms with Gasteiger partial charge in [0, 0.05) is 0 Å². The Morgan fingerprint density at radius 1 is 0.962 bits per heavy atom. The second kappa shape index (κ2) is 6.88. The van der Waals surface area contributed by atoms with Gasteiger partial charge in [-0.2, -0.15) is 0 Å². The molecule has 0 nitrogen and oxygen atoms in total. The van der Waals surface area contributed by atoms with Crippen molar-refractivity contribution in [2.45, 2.75) is 51.6 Å². The fourth-order valence-electron chi connectivity index (χ4n) is 5.12. The van der Waals surface area contributed by atoms with Crippen molar-refractivity contribution in [3.8, 4) is 11.1 Å². The maximum absolute atomic E-state index is 2.52. The quantitative estimate of drug-likeness (QED) is 0.452. The number of hydrogen-bond acceptors (Lipinski definition) is 0. The van der Waals surface area contributed by atoms with Crippen LogP contribution in [0, 0.1) is 13.8 Å². The SMILES string of the molecule is Cc1ccc2c(c1)Cc1c-2ccc(C)[c]1[Zr]([C]1=CC=CC1)=[Si]1CCCC1. The molecule has 0 bridgehead atoms. The molecule has 2 heteroatoms. The van der Waals surface area contributed by atoms with E-state index in [1.165, 1.54) is 36.8 Å². The Balaban J connectivity index is 1.74. The van der Waals surface area contributed by atoms with Crippen molar-refractivity contribution >= 4 is 8.70 Å². The molecule has 1 saturated heterocycles. The summed E-state index contributed by atoms with van der Waals surface area (Å²) in [5, 5.41) is 0. The van der Waals surface area contributed by atoms with Gasteiger partial charge in [-0.25, -0.2) is 0 Å². The molecule has 0 saturated carbocycles. The molecule has 1 fully saturated rings. The summed E-state index contributed by atoms with van der Waals surface area (Å²) in [7, 11) is 0. The van der Waals surface area contributed by atoms with Gasteiger partial charge in [0.2, 0.25) is 0 Å². The molecule has 5 rings (SSSR count). The summed E-state index contributed by atoms with van der Waals surface area (Å²) in [5.74, 6) is 0. The Kier molecular flexibility index (Phi) is 4.53. The summed E-state index contributed by atoms with van der Waals surface area (Å²) in [6.07, 6.45) is 12.7. The Labute approximate surface area is 165 Å². The molecule has 0 atom stereocenters. The summed E-state index contributed by atoms with van der Waals surface area (Å²) < 4.78 is 3.80. The van der Waals surface area contributed by atoms with Gasteiger partial charge in [0.1, 0.15) is 0 Å². The average molecular weight is 434 g/mol. The first kappa shape index (κ1) is 17.1. The molecular formula is C24H26SiZr. The first-order valence-corrected chi connectivity index (χ1v) is 18.1. The summed E-state index contributed by atoms with van der Waals surface area (Å²) in [4.78, 5) is 0. The number of allylic oxidation sites excluding steroid dienone is 4. The zero-order chi connectivity index (χ0) is 17.7. The van der Waals surface area contributed by atoms with E-state index < -0.39 is 20.4 Å². The maximum atomic E-state index is 2.52. The van der Waals surface area contributed by atoms with Crippen LogP contribution >= 0.6 is 0 Å². The van der Waals surface area contributed by atoms with Crippen molar-refractivity contribution in [1.29, 1.82) is 0 Å². The van der Waals surface area contributed by atoms with Crippen LogP contribution in [0.25, 0.3) is 11.1 Å². The van der Waals surface area contributed by atoms with Gasteiger partial charge in [-0.05, 0) is 0 Å². The van der Waals surface area contributed by atoms with Gasteiger partial charge in [0.05, 0.1) is 0 Å². The van der Waals surface area contributed by atoms with Gasteiger partial charge in [0.15, 0.2) is 0 Å². The van der Waals surface area contributed by atoms with E-state index in [1.54, 1.807) is 34.3 Å². The molecule has 0 radical (unpaired) electrons. The predicted molar refractivity (Wildman–Crippen MR) is 110 cm³/mol. The van der Waals surface area contributed by atoms with Crippen molar-refractivity contribution in [2.75, 3.05) is 0 Å². The van der Waals surface area contributed by atoms with Gasteiger partial charge in [-0.1, -0.05) is 0 Å². The van der Waals surface area contributed by atoms with Crippen molar-refractivity contribution < 1.29 is 20.4 Å². The Hall–Kier alpha value is -0.980. The predicted octanol–water partition coefficient (Wildman–Crippen LogP) is 5.75. The van der Waals surface area contributed by atoms with Crippen LogP contribution in [0.3, 0.4) is 0 Å². The van der Waals surface area contributed by atoms with Gasteiger partial charge < -0.3 is 0 Å². The van der Waals surface area contributed by atoms with Crippen LogP contribution in [0.5, 0.6) is 0 Å². The van der Waals surface area contributed by atoms with Crippen LogP contribution in [0.1, 0.15) is 41.5 Å². The van der Waals surface area contributed by atoms with E-state index in [-0.39, 0.29) is 5.43 Å². The van der Waals surface area contributed by atoms with E-state index >= 15 is 0 Å². The second-order valence-corrected chi connectivity index (χ2v) is 23.2. The average Bonchev–Trinajstić information content (AvgIpc) is 3.37. The molecule has 0 amide bonds. The zero-order valence-electron chi connectivity index (χ0n) is 15.9. The van der Waals surface area contributed by atoms with Gasteiger partial charge >= 0.3 is 166 Å². The normalized spacial score (nSPS) is 17.5. The summed E-state index contributed by atoms with van der Waals surface area (Å²) in [6, 6.07) is 15.1. The van der Waals surface area contributed by atoms with Crippen molar-refractivity contribution in [3.63, 3.8) is 0 Å². The van der Waals surface area contributed by atoms with Crippen molar-refractivity contribution in [2.24, 2.45) is 0 Å². The summed E-state index contributed by atoms with van der Waals surface area (Å²) >= 11 is -1.75. The zero-order valence-corrected chi connectivity index (χ0v) is 19.3. The Morgan fingerprint density at radius 2 is 1.77 bits per heavy atom. The van der Waals surface area contributed by atoms with Crippen LogP contribution in [-0.4, -0.2) is 5.43 Å². The molecule has 26 heavy (non-hydrogen) atoms. The minimum atomic E-state index is -1.75. The standard InChI is InChI=1S/C15H13.C5H5.C4H8Si.Zr/c1-10-3-5-14-12(7-10)9-13-8-11(2)4-6-15(13)14;2*1-2-4-5-3-1;/h3-7H,9H2,1-2H3;1-3H,4H2;1-4H2;. The Bertz CT molecular complexity index is 999. The molecule has 2 aromatic rings. The third kappa shape index (κ3) is 2.81. The minimum absolute atomic E-state index is 0.135. The van der Waals surface area contributed by atoms with Crippen molar-refractivity contribution in [1.82, 2.24) is 0 Å². The van der Waals surface area contributed by atoms with E-state index in [2.05, 4.69) is 62.4 Å². The number of rotatable bonds is 2. The van der Waals surface area contributed by atoms with Crippen LogP contribution in [-0.2, 0) is 26.8 Å².